The third kappa shape index (κ3) is 30.0. The number of aliphatic hydroxyl groups is 1. The molecule has 10 aliphatic rings. The van der Waals surface area contributed by atoms with Crippen molar-refractivity contribution in [1.82, 2.24) is 99.4 Å². The van der Waals surface area contributed by atoms with Gasteiger partial charge in [-0.1, -0.05) is 6.92 Å². The molecule has 0 saturated carbocycles. The number of hydrogen-bond acceptors (Lipinski definition) is 23. The van der Waals surface area contributed by atoms with Crippen LogP contribution in [-0.4, -0.2) is 413 Å². The zero-order chi connectivity index (χ0) is 92.4. The molecule has 696 valence electrons. The van der Waals surface area contributed by atoms with Gasteiger partial charge in [-0.3, -0.25) is 87.1 Å². The Bertz CT molecular complexity index is 3630. The average molecular weight is 1720 g/mol. The average Bonchev–Trinajstić information content (AvgIpc) is 1.29. The largest absolute Gasteiger partial charge is 0.460 e. The zero-order valence-corrected chi connectivity index (χ0v) is 79.9. The number of cyclic esters (lactones) is 1. The maximum atomic E-state index is 12.3. The monoisotopic (exact) mass is 1720 g/mol. The molecule has 0 radical (unpaired) electrons. The Balaban J connectivity index is 0.000000253. The van der Waals surface area contributed by atoms with Crippen molar-refractivity contribution in [3.63, 3.8) is 0 Å². The number of likely N-dealkylation sites (N-methyl/N-ethyl adjacent to an activating group) is 1. The van der Waals surface area contributed by atoms with E-state index in [1.165, 1.54) is 25.7 Å². The van der Waals surface area contributed by atoms with Crippen molar-refractivity contribution in [2.24, 2.45) is 0 Å². The summed E-state index contributed by atoms with van der Waals surface area (Å²) in [4.78, 5) is 174. The van der Waals surface area contributed by atoms with Crippen molar-refractivity contribution < 1.29 is 72.1 Å². The van der Waals surface area contributed by atoms with Gasteiger partial charge in [-0.2, -0.15) is 0 Å². The van der Waals surface area contributed by atoms with E-state index in [1.54, 1.807) is 44.7 Å². The molecule has 5 N–H and O–H groups in total. The number of nitrogens with one attached hydrogen (secondary N) is 4. The van der Waals surface area contributed by atoms with Crippen LogP contribution in [0.2, 0.25) is 0 Å². The van der Waals surface area contributed by atoms with E-state index >= 15 is 0 Å². The molecule has 122 heavy (non-hydrogen) atoms. The normalized spacial score (nSPS) is 23.2. The number of imidazole rings is 1. The van der Waals surface area contributed by atoms with Crippen molar-refractivity contribution in [3.05, 3.63) is 17.7 Å². The van der Waals surface area contributed by atoms with E-state index < -0.39 is 6.04 Å². The minimum Gasteiger partial charge on any atom is -0.460 e. The van der Waals surface area contributed by atoms with Gasteiger partial charge in [0.25, 0.3) is 0 Å². The number of amides is 11. The third-order valence-electron chi connectivity index (χ3n) is 23.9. The molecule has 6 unspecified atom stereocenters. The van der Waals surface area contributed by atoms with Gasteiger partial charge in [0.1, 0.15) is 36.8 Å². The quantitative estimate of drug-likeness (QED) is 0.210. The first-order valence-corrected chi connectivity index (χ1v) is 44.1. The molecule has 6 atom stereocenters. The van der Waals surface area contributed by atoms with Crippen LogP contribution in [0.15, 0.2) is 6.20 Å². The number of ether oxygens (including phenoxy) is 2. The van der Waals surface area contributed by atoms with Crippen molar-refractivity contribution in [3.8, 4) is 0 Å². The Morgan fingerprint density at radius 2 is 0.877 bits per heavy atom. The van der Waals surface area contributed by atoms with Crippen molar-refractivity contribution in [1.29, 1.82) is 0 Å². The van der Waals surface area contributed by atoms with Crippen molar-refractivity contribution in [2.75, 3.05) is 177 Å². The van der Waals surface area contributed by atoms with Crippen molar-refractivity contribution >= 4 is 71.1 Å². The fraction of sp³-hybridized carbons (Fsp3) is 0.828. The smallest absolute Gasteiger partial charge is 0.410 e. The second-order valence-corrected chi connectivity index (χ2v) is 40.4. The molecule has 35 heteroatoms. The lowest BCUT2D eigenvalue weighted by Gasteiger charge is -2.49. The van der Waals surface area contributed by atoms with Gasteiger partial charge in [-0.25, -0.2) is 14.6 Å². The van der Waals surface area contributed by atoms with Crippen LogP contribution in [-0.2, 0) is 70.5 Å². The van der Waals surface area contributed by atoms with Crippen LogP contribution in [0.5, 0.6) is 0 Å². The Labute approximate surface area is 728 Å². The number of carbonyl (C=O) groups excluding carboxylic acids is 12. The number of nitrogens with zero attached hydrogens (tertiary/aromatic N) is 16. The van der Waals surface area contributed by atoms with Crippen LogP contribution in [0, 0.1) is 0 Å². The second kappa shape index (κ2) is 44.5. The maximum absolute atomic E-state index is 12.3. The molecule has 0 bridgehead atoms. The molecule has 0 aliphatic carbocycles. The molecule has 11 heterocycles. The van der Waals surface area contributed by atoms with E-state index in [0.29, 0.717) is 91.0 Å². The molecule has 11 amide bonds. The first-order chi connectivity index (χ1) is 56.3. The molecule has 0 aromatic carbocycles. The summed E-state index contributed by atoms with van der Waals surface area (Å²) in [5.41, 5.74) is 1.51. The van der Waals surface area contributed by atoms with Crippen molar-refractivity contribution in [2.45, 2.75) is 294 Å². The molecule has 1 aromatic heterocycles. The van der Waals surface area contributed by atoms with Crippen LogP contribution in [0.3, 0.4) is 0 Å². The lowest BCUT2D eigenvalue weighted by atomic mass is 10.00. The first kappa shape index (κ1) is 105. The minimum absolute atomic E-state index is 0.0131. The van der Waals surface area contributed by atoms with Gasteiger partial charge in [0.2, 0.25) is 64.9 Å². The van der Waals surface area contributed by atoms with E-state index in [9.17, 15) is 57.5 Å². The number of aromatic nitrogens is 2. The Kier molecular flexibility index (Phi) is 38.2. The maximum Gasteiger partial charge on any atom is 0.410 e. The fourth-order valence-corrected chi connectivity index (χ4v) is 16.2. The number of fused-ring (bicyclic) bond motifs is 4. The number of piperazine rings is 8. The van der Waals surface area contributed by atoms with Gasteiger partial charge in [0.15, 0.2) is 0 Å². The van der Waals surface area contributed by atoms with Crippen LogP contribution >= 0.6 is 0 Å². The zero-order valence-electron chi connectivity index (χ0n) is 79.9. The predicted molar refractivity (Wildman–Crippen MR) is 470 cm³/mol. The second-order valence-electron chi connectivity index (χ2n) is 40.4. The predicted octanol–water partition coefficient (Wildman–Crippen LogP) is 2.90. The topological polar surface area (TPSA) is 355 Å². The summed E-state index contributed by atoms with van der Waals surface area (Å²) < 4.78 is 12.0. The van der Waals surface area contributed by atoms with Gasteiger partial charge >= 0.3 is 12.1 Å². The standard InChI is InChI=1S/2C14H27N3O2.C13H25N3O3.C13H21N3O2.C12H21N3O2.C11H19N3O2.C10H18N2O2/c1-10(2)15-13(19)12-9-16(14(4,5)6)7-8-17(12)11(3)18;1-6-7-15-13(19)12-10-16(14(3,4)5)8-9-17(12)11(2)18;1-10(18)16-7-6-15(13(2,3)4)9-11(16)12(19)14-5-8-17;1-5-18-12(17)11-14-8-10-9-15(13(2,3)4)6-7-16(10)11;1-12(2,3)14-5-6-15-9(7-14)11(17)13(4)8-10(15)16;1-11(2,3)13-4-5-14-8(7-13)10(16)12-6-9(14)15;1-10(2,3)11-4-5-12-8(6-11)7-14-9(12)13/h10,12H,7-9H2,1-6H3,(H,15,19);12H,6-10H2,1-5H3,(H,15,19);11,17H,5-9H2,1-4H3,(H,14,19);8H,5-7,9H2,1-4H3;9H,5-8H2,1-4H3;8H,4-7H2,1-3H3,(H,12,16);8H,4-7H2,1-3H3. The highest BCUT2D eigenvalue weighted by Gasteiger charge is 2.47. The van der Waals surface area contributed by atoms with Crippen LogP contribution in [0.1, 0.15) is 217 Å². The Morgan fingerprint density at radius 3 is 1.29 bits per heavy atom. The Hall–Kier alpha value is -7.67. The van der Waals surface area contributed by atoms with Gasteiger partial charge in [0.05, 0.1) is 44.2 Å². The molecule has 1 aromatic rings. The van der Waals surface area contributed by atoms with Gasteiger partial charge in [0, 0.05) is 223 Å². The molecule has 35 nitrogen and oxygen atoms in total. The molecular weight excluding hydrogens is 1570 g/mol. The molecule has 10 aliphatic heterocycles. The SMILES string of the molecule is CC(=O)N1CCN(C(C)(C)C)CC1C(=O)NC(C)C.CC(=O)N1CCN(C(C)(C)C)CC1C(=O)NCCO.CC(C)(C)N1CCN2C(=O)CNC(=O)C2C1.CC(C)(C)N1CCN2C(=O)OCC2C1.CCCNC(=O)C1CN(C(C)(C)C)CCN1C(C)=O.CCOC(=O)c1ncc2n1CCN(C(C)(C)C)C2.CN1CC(=O)N2CCN(C(C)(C)C)CC2C1=O. The lowest BCUT2D eigenvalue weighted by molar-refractivity contribution is -0.159. The van der Waals surface area contributed by atoms with Gasteiger partial charge in [-0.05, 0) is 173 Å². The number of rotatable bonds is 10. The summed E-state index contributed by atoms with van der Waals surface area (Å²) in [7, 11) is 1.70. The summed E-state index contributed by atoms with van der Waals surface area (Å²) in [6, 6.07) is -1.44. The molecule has 0 spiro atoms. The summed E-state index contributed by atoms with van der Waals surface area (Å²) in [6.07, 6.45) is 2.55. The van der Waals surface area contributed by atoms with Crippen LogP contribution < -0.4 is 21.3 Å². The highest BCUT2D eigenvalue weighted by molar-refractivity contribution is 5.96. The lowest BCUT2D eigenvalue weighted by Crippen LogP contribution is -2.68. The molecule has 11 rings (SSSR count). The first-order valence-electron chi connectivity index (χ1n) is 44.1. The Morgan fingerprint density at radius 1 is 0.492 bits per heavy atom. The van der Waals surface area contributed by atoms with E-state index in [1.807, 2.05) is 30.2 Å². The molecule has 9 fully saturated rings. The number of hydrogen-bond donors (Lipinski definition) is 5. The summed E-state index contributed by atoms with van der Waals surface area (Å²) >= 11 is 0. The highest BCUT2D eigenvalue weighted by atomic mass is 16.6. The van der Waals surface area contributed by atoms with E-state index in [-0.39, 0.29) is 172 Å². The van der Waals surface area contributed by atoms with Gasteiger partial charge in [-0.15, -0.1) is 0 Å². The molecule has 9 saturated heterocycles. The summed E-state index contributed by atoms with van der Waals surface area (Å²) in [5, 5.41) is 19.9. The number of carbonyl (C=O) groups is 12. The van der Waals surface area contributed by atoms with Crippen LogP contribution in [0.25, 0.3) is 0 Å². The highest BCUT2D eigenvalue weighted by Crippen LogP contribution is 2.29. The van der Waals surface area contributed by atoms with Gasteiger partial charge < -0.3 is 69.8 Å². The minimum atomic E-state index is -0.475. The summed E-state index contributed by atoms with van der Waals surface area (Å²) in [6.45, 7) is 75.0. The molecular formula is C87H158N20O15. The van der Waals surface area contributed by atoms with E-state index in [0.717, 1.165) is 84.1 Å². The third-order valence-corrected chi connectivity index (χ3v) is 23.9. The fourth-order valence-electron chi connectivity index (χ4n) is 16.2. The van der Waals surface area contributed by atoms with E-state index in [2.05, 4.69) is 206 Å². The number of aliphatic hydroxyl groups excluding tert-OH is 1. The van der Waals surface area contributed by atoms with Crippen LogP contribution in [0.4, 0.5) is 4.79 Å². The number of esters is 1. The summed E-state index contributed by atoms with van der Waals surface area (Å²) in [5.74, 6) is -0.159. The van der Waals surface area contributed by atoms with E-state index in [4.69, 9.17) is 14.6 Å².